The molecule has 0 aliphatic carbocycles. The van der Waals surface area contributed by atoms with E-state index < -0.39 is 0 Å². The summed E-state index contributed by atoms with van der Waals surface area (Å²) in [5, 5.41) is 4.19. The van der Waals surface area contributed by atoms with Crippen molar-refractivity contribution in [1.82, 2.24) is 0 Å². The van der Waals surface area contributed by atoms with E-state index in [2.05, 4.69) is 16.8 Å². The Kier molecular flexibility index (Phi) is 4.98. The number of hydrogen-bond acceptors (Lipinski definition) is 4. The molecular weight excluding hydrogens is 234 g/mol. The predicted octanol–water partition coefficient (Wildman–Crippen LogP) is 2.58. The summed E-state index contributed by atoms with van der Waals surface area (Å²) in [6.07, 6.45) is 2.24. The van der Waals surface area contributed by atoms with Crippen molar-refractivity contribution in [1.29, 1.82) is 0 Å². The lowest BCUT2D eigenvalue weighted by Crippen LogP contribution is -2.29. The minimum Gasteiger partial charge on any atom is -0.381 e. The van der Waals surface area contributed by atoms with Gasteiger partial charge in [0.15, 0.2) is 0 Å². The van der Waals surface area contributed by atoms with Gasteiger partial charge in [0, 0.05) is 19.3 Å². The van der Waals surface area contributed by atoms with Crippen molar-refractivity contribution in [3.8, 4) is 0 Å². The van der Waals surface area contributed by atoms with Crippen molar-refractivity contribution in [3.63, 3.8) is 0 Å². The van der Waals surface area contributed by atoms with Gasteiger partial charge in [-0.1, -0.05) is 0 Å². The minimum atomic E-state index is 0.0316. The van der Waals surface area contributed by atoms with E-state index in [1.807, 2.05) is 6.92 Å². The molecule has 1 saturated heterocycles. The van der Waals surface area contributed by atoms with Crippen LogP contribution in [0.3, 0.4) is 0 Å². The second kappa shape index (κ2) is 6.50. The average molecular weight is 255 g/mol. The Labute approximate surface area is 107 Å². The van der Waals surface area contributed by atoms with E-state index in [-0.39, 0.29) is 12.1 Å². The Hall–Kier alpha value is -0.420. The molecule has 1 fully saturated rings. The summed E-state index contributed by atoms with van der Waals surface area (Å²) in [7, 11) is 0. The first kappa shape index (κ1) is 13.0. The van der Waals surface area contributed by atoms with Gasteiger partial charge in [0.25, 0.3) is 0 Å². The zero-order valence-electron chi connectivity index (χ0n) is 10.3. The molecule has 0 radical (unpaired) electrons. The van der Waals surface area contributed by atoms with Crippen LogP contribution in [0.4, 0.5) is 0 Å². The Morgan fingerprint density at radius 2 is 2.29 bits per heavy atom. The molecule has 3 nitrogen and oxygen atoms in total. The lowest BCUT2D eigenvalue weighted by molar-refractivity contribution is -0.0186. The highest BCUT2D eigenvalue weighted by molar-refractivity contribution is 7.07. The van der Waals surface area contributed by atoms with Crippen molar-refractivity contribution in [2.24, 2.45) is 11.7 Å². The average Bonchev–Trinajstić information content (AvgIpc) is 2.84. The van der Waals surface area contributed by atoms with E-state index >= 15 is 0 Å². The summed E-state index contributed by atoms with van der Waals surface area (Å²) in [5.41, 5.74) is 7.20. The first-order valence-electron chi connectivity index (χ1n) is 6.24. The fourth-order valence-electron chi connectivity index (χ4n) is 2.14. The number of rotatable bonds is 5. The highest BCUT2D eigenvalue weighted by atomic mass is 32.1. The molecule has 0 spiro atoms. The normalized spacial score (nSPS) is 21.3. The predicted molar refractivity (Wildman–Crippen MR) is 70.2 cm³/mol. The van der Waals surface area contributed by atoms with Crippen LogP contribution in [0.2, 0.25) is 0 Å². The zero-order valence-corrected chi connectivity index (χ0v) is 11.1. The van der Waals surface area contributed by atoms with Crippen LogP contribution in [-0.2, 0) is 9.47 Å². The van der Waals surface area contributed by atoms with Crippen LogP contribution in [-0.4, -0.2) is 25.9 Å². The minimum absolute atomic E-state index is 0.0316. The van der Waals surface area contributed by atoms with Crippen LogP contribution in [0.25, 0.3) is 0 Å². The van der Waals surface area contributed by atoms with E-state index in [0.29, 0.717) is 5.92 Å². The Balaban J connectivity index is 1.85. The van der Waals surface area contributed by atoms with E-state index in [1.165, 1.54) is 5.56 Å². The molecule has 96 valence electrons. The Morgan fingerprint density at radius 1 is 1.53 bits per heavy atom. The summed E-state index contributed by atoms with van der Waals surface area (Å²) in [4.78, 5) is 0. The van der Waals surface area contributed by atoms with Gasteiger partial charge in [-0.05, 0) is 48.1 Å². The highest BCUT2D eigenvalue weighted by Gasteiger charge is 2.20. The molecule has 0 bridgehead atoms. The van der Waals surface area contributed by atoms with Gasteiger partial charge < -0.3 is 15.2 Å². The van der Waals surface area contributed by atoms with Crippen LogP contribution in [0.15, 0.2) is 16.8 Å². The molecule has 0 saturated carbocycles. The van der Waals surface area contributed by atoms with Crippen LogP contribution in [0.5, 0.6) is 0 Å². The van der Waals surface area contributed by atoms with E-state index in [0.717, 1.165) is 32.7 Å². The number of thiophene rings is 1. The van der Waals surface area contributed by atoms with E-state index in [4.69, 9.17) is 15.2 Å². The second-order valence-corrected chi connectivity index (χ2v) is 5.51. The summed E-state index contributed by atoms with van der Waals surface area (Å²) in [6, 6.07) is 2.13. The summed E-state index contributed by atoms with van der Waals surface area (Å²) < 4.78 is 11.4. The molecule has 17 heavy (non-hydrogen) atoms. The first-order valence-corrected chi connectivity index (χ1v) is 7.18. The van der Waals surface area contributed by atoms with E-state index in [9.17, 15) is 0 Å². The lowest BCUT2D eigenvalue weighted by atomic mass is 10.0. The highest BCUT2D eigenvalue weighted by Crippen LogP contribution is 2.25. The Bertz CT molecular complexity index is 307. The quantitative estimate of drug-likeness (QED) is 0.879. The molecule has 2 unspecified atom stereocenters. The number of nitrogens with two attached hydrogens (primary N) is 1. The van der Waals surface area contributed by atoms with Crippen LogP contribution < -0.4 is 5.73 Å². The maximum absolute atomic E-state index is 6.01. The monoisotopic (exact) mass is 255 g/mol. The molecule has 0 amide bonds. The molecule has 1 aliphatic rings. The molecule has 1 aromatic rings. The number of hydrogen-bond donors (Lipinski definition) is 1. The first-order chi connectivity index (χ1) is 8.27. The van der Waals surface area contributed by atoms with Crippen LogP contribution in [0, 0.1) is 5.92 Å². The summed E-state index contributed by atoms with van der Waals surface area (Å²) in [6.45, 7) is 4.54. The largest absolute Gasteiger partial charge is 0.381 e. The molecule has 1 aromatic heterocycles. The van der Waals surface area contributed by atoms with Gasteiger partial charge >= 0.3 is 0 Å². The molecular formula is C13H21NO2S. The van der Waals surface area contributed by atoms with Gasteiger partial charge in [0.2, 0.25) is 0 Å². The van der Waals surface area contributed by atoms with Crippen molar-refractivity contribution < 1.29 is 9.47 Å². The maximum Gasteiger partial charge on any atom is 0.0981 e. The third-order valence-corrected chi connectivity index (χ3v) is 3.90. The van der Waals surface area contributed by atoms with Crippen molar-refractivity contribution >= 4 is 11.3 Å². The fraction of sp³-hybridized carbons (Fsp3) is 0.692. The van der Waals surface area contributed by atoms with Gasteiger partial charge in [-0.3, -0.25) is 0 Å². The zero-order chi connectivity index (χ0) is 12.1. The fourth-order valence-corrected chi connectivity index (χ4v) is 2.83. The molecule has 2 N–H and O–H groups in total. The SMILES string of the molecule is CC(N)C(OCC1CCOCC1)c1ccsc1. The van der Waals surface area contributed by atoms with Gasteiger partial charge in [-0.25, -0.2) is 0 Å². The van der Waals surface area contributed by atoms with E-state index in [1.54, 1.807) is 11.3 Å². The lowest BCUT2D eigenvalue weighted by Gasteiger charge is -2.26. The molecule has 2 heterocycles. The van der Waals surface area contributed by atoms with Gasteiger partial charge in [-0.2, -0.15) is 11.3 Å². The smallest absolute Gasteiger partial charge is 0.0981 e. The molecule has 4 heteroatoms. The third-order valence-electron chi connectivity index (χ3n) is 3.20. The molecule has 2 rings (SSSR count). The van der Waals surface area contributed by atoms with Crippen LogP contribution in [0.1, 0.15) is 31.4 Å². The van der Waals surface area contributed by atoms with Crippen LogP contribution >= 0.6 is 11.3 Å². The molecule has 0 aromatic carbocycles. The molecule has 2 atom stereocenters. The van der Waals surface area contributed by atoms with Crippen molar-refractivity contribution in [2.45, 2.75) is 31.9 Å². The molecule has 1 aliphatic heterocycles. The second-order valence-electron chi connectivity index (χ2n) is 4.73. The standard InChI is InChI=1S/C13H21NO2S/c1-10(14)13(12-4-7-17-9-12)16-8-11-2-5-15-6-3-11/h4,7,9-11,13H,2-3,5-6,8,14H2,1H3. The van der Waals surface area contributed by atoms with Crippen molar-refractivity contribution in [3.05, 3.63) is 22.4 Å². The topological polar surface area (TPSA) is 44.5 Å². The van der Waals surface area contributed by atoms with Gasteiger partial charge in [0.1, 0.15) is 0 Å². The third kappa shape index (κ3) is 3.78. The maximum atomic E-state index is 6.01. The Morgan fingerprint density at radius 3 is 2.88 bits per heavy atom. The number of ether oxygens (including phenoxy) is 2. The summed E-state index contributed by atoms with van der Waals surface area (Å²) >= 11 is 1.69. The van der Waals surface area contributed by atoms with Gasteiger partial charge in [0.05, 0.1) is 12.7 Å². The summed E-state index contributed by atoms with van der Waals surface area (Å²) in [5.74, 6) is 0.628. The van der Waals surface area contributed by atoms with Gasteiger partial charge in [-0.15, -0.1) is 0 Å². The van der Waals surface area contributed by atoms with Crippen molar-refractivity contribution in [2.75, 3.05) is 19.8 Å².